The van der Waals surface area contributed by atoms with Crippen molar-refractivity contribution in [1.29, 1.82) is 0 Å². The number of nitrogens with zero attached hydrogens (tertiary/aromatic N) is 1. The Morgan fingerprint density at radius 3 is 2.63 bits per heavy atom. The van der Waals surface area contributed by atoms with Gasteiger partial charge in [-0.2, -0.15) is 0 Å². The van der Waals surface area contributed by atoms with E-state index in [9.17, 15) is 9.59 Å². The van der Waals surface area contributed by atoms with Crippen molar-refractivity contribution in [3.05, 3.63) is 68.9 Å². The molecule has 1 amide bonds. The van der Waals surface area contributed by atoms with Crippen molar-refractivity contribution < 1.29 is 18.7 Å². The van der Waals surface area contributed by atoms with Crippen LogP contribution in [0.15, 0.2) is 41.0 Å². The van der Waals surface area contributed by atoms with E-state index in [4.69, 9.17) is 32.4 Å². The van der Waals surface area contributed by atoms with E-state index in [1.54, 1.807) is 50.1 Å². The summed E-state index contributed by atoms with van der Waals surface area (Å²) < 4.78 is 10.8. The molecule has 7 heteroatoms. The molecule has 5 nitrogen and oxygen atoms in total. The molecule has 156 valence electrons. The highest BCUT2D eigenvalue weighted by molar-refractivity contribution is 6.40. The number of hydrogen-bond donors (Lipinski definition) is 0. The van der Waals surface area contributed by atoms with Crippen molar-refractivity contribution in [2.45, 2.75) is 39.3 Å². The van der Waals surface area contributed by atoms with Crippen LogP contribution in [0.2, 0.25) is 10.0 Å². The SMILES string of the molecule is CC(C)(C)OC(=O)c1c(Cl)cc2c(c1Cl)CCN(C(=O)c1ccc3ccoc3c1)C2. The highest BCUT2D eigenvalue weighted by atomic mass is 35.5. The van der Waals surface area contributed by atoms with E-state index in [1.807, 2.05) is 12.1 Å². The number of furan rings is 1. The average molecular weight is 446 g/mol. The summed E-state index contributed by atoms with van der Waals surface area (Å²) in [6, 6.07) is 8.97. The number of rotatable bonds is 2. The molecule has 30 heavy (non-hydrogen) atoms. The van der Waals surface area contributed by atoms with Crippen LogP contribution >= 0.6 is 23.2 Å². The Hall–Kier alpha value is -2.50. The minimum Gasteiger partial charge on any atom is -0.464 e. The van der Waals surface area contributed by atoms with Crippen LogP contribution < -0.4 is 0 Å². The molecular formula is C23H21Cl2NO4. The number of esters is 1. The van der Waals surface area contributed by atoms with Gasteiger partial charge in [-0.3, -0.25) is 4.79 Å². The number of carbonyl (C=O) groups excluding carboxylic acids is 2. The van der Waals surface area contributed by atoms with Gasteiger partial charge in [-0.05, 0) is 62.6 Å². The van der Waals surface area contributed by atoms with E-state index in [-0.39, 0.29) is 16.5 Å². The van der Waals surface area contributed by atoms with E-state index in [0.29, 0.717) is 35.7 Å². The molecule has 1 aliphatic heterocycles. The second-order valence-corrected chi connectivity index (χ2v) is 9.12. The summed E-state index contributed by atoms with van der Waals surface area (Å²) >= 11 is 12.9. The first-order chi connectivity index (χ1) is 14.1. The van der Waals surface area contributed by atoms with Crippen molar-refractivity contribution in [3.63, 3.8) is 0 Å². The third kappa shape index (κ3) is 3.92. The highest BCUT2D eigenvalue weighted by Gasteiger charge is 2.29. The molecule has 1 aliphatic rings. The van der Waals surface area contributed by atoms with Gasteiger partial charge in [-0.15, -0.1) is 0 Å². The largest absolute Gasteiger partial charge is 0.464 e. The second-order valence-electron chi connectivity index (χ2n) is 8.34. The second kappa shape index (κ2) is 7.64. The lowest BCUT2D eigenvalue weighted by Gasteiger charge is -2.30. The van der Waals surface area contributed by atoms with Crippen LogP contribution in [-0.2, 0) is 17.7 Å². The van der Waals surface area contributed by atoms with E-state index < -0.39 is 11.6 Å². The molecular weight excluding hydrogens is 425 g/mol. The van der Waals surface area contributed by atoms with E-state index >= 15 is 0 Å². The quantitative estimate of drug-likeness (QED) is 0.461. The van der Waals surface area contributed by atoms with Gasteiger partial charge in [0.25, 0.3) is 5.91 Å². The first-order valence-corrected chi connectivity index (χ1v) is 10.4. The maximum absolute atomic E-state index is 13.0. The van der Waals surface area contributed by atoms with Crippen LogP contribution in [0.4, 0.5) is 0 Å². The first-order valence-electron chi connectivity index (χ1n) is 9.63. The molecule has 0 radical (unpaired) electrons. The third-order valence-corrected chi connectivity index (χ3v) is 5.71. The molecule has 0 unspecified atom stereocenters. The Labute approximate surface area is 184 Å². The molecule has 4 rings (SSSR count). The van der Waals surface area contributed by atoms with Crippen molar-refractivity contribution in [2.75, 3.05) is 6.54 Å². The molecule has 2 aromatic carbocycles. The van der Waals surface area contributed by atoms with Crippen LogP contribution in [0.1, 0.15) is 52.6 Å². The monoisotopic (exact) mass is 445 g/mol. The van der Waals surface area contributed by atoms with Crippen LogP contribution in [0.25, 0.3) is 11.0 Å². The van der Waals surface area contributed by atoms with Gasteiger partial charge in [0.2, 0.25) is 0 Å². The lowest BCUT2D eigenvalue weighted by molar-refractivity contribution is 0.00695. The predicted octanol–water partition coefficient (Wildman–Crippen LogP) is 5.89. The van der Waals surface area contributed by atoms with Gasteiger partial charge >= 0.3 is 5.97 Å². The average Bonchev–Trinajstić information content (AvgIpc) is 3.13. The highest BCUT2D eigenvalue weighted by Crippen LogP contribution is 2.36. The van der Waals surface area contributed by atoms with Crippen molar-refractivity contribution in [3.8, 4) is 0 Å². The van der Waals surface area contributed by atoms with Crippen LogP contribution in [0.5, 0.6) is 0 Å². The lowest BCUT2D eigenvalue weighted by atomic mass is 9.96. The minimum atomic E-state index is -0.655. The first kappa shape index (κ1) is 20.8. The smallest absolute Gasteiger partial charge is 0.341 e. The molecule has 2 heterocycles. The summed E-state index contributed by atoms with van der Waals surface area (Å²) in [5, 5.41) is 1.47. The summed E-state index contributed by atoms with van der Waals surface area (Å²) in [4.78, 5) is 27.3. The number of amides is 1. The molecule has 0 atom stereocenters. The third-order valence-electron chi connectivity index (χ3n) is 5.00. The van der Waals surface area contributed by atoms with E-state index in [0.717, 1.165) is 16.5 Å². The molecule has 0 aliphatic carbocycles. The van der Waals surface area contributed by atoms with Gasteiger partial charge in [-0.25, -0.2) is 4.79 Å². The normalized spacial score (nSPS) is 14.0. The zero-order valence-corrected chi connectivity index (χ0v) is 18.4. The summed E-state index contributed by atoms with van der Waals surface area (Å²) in [5.74, 6) is -0.645. The molecule has 1 aromatic heterocycles. The maximum atomic E-state index is 13.0. The van der Waals surface area contributed by atoms with Crippen LogP contribution in [0, 0.1) is 0 Å². The Balaban J connectivity index is 1.61. The van der Waals surface area contributed by atoms with E-state index in [2.05, 4.69) is 0 Å². The Morgan fingerprint density at radius 2 is 1.90 bits per heavy atom. The minimum absolute atomic E-state index is 0.0950. The Bertz CT molecular complexity index is 1160. The van der Waals surface area contributed by atoms with Gasteiger partial charge in [0.1, 0.15) is 11.2 Å². The molecule has 0 saturated carbocycles. The van der Waals surface area contributed by atoms with Crippen molar-refractivity contribution in [1.82, 2.24) is 4.90 Å². The molecule has 0 spiro atoms. The zero-order chi connectivity index (χ0) is 21.6. The molecule has 0 N–H and O–H groups in total. The number of ether oxygens (including phenoxy) is 1. The van der Waals surface area contributed by atoms with Gasteiger partial charge in [0.05, 0.1) is 21.9 Å². The van der Waals surface area contributed by atoms with Crippen LogP contribution in [-0.4, -0.2) is 28.9 Å². The standard InChI is InChI=1S/C23H21Cl2NO4/c1-23(2,3)30-22(28)19-17(24)10-15-12-26(8-6-16(15)20(19)25)21(27)14-5-4-13-7-9-29-18(13)11-14/h4-5,7,9-11H,6,8,12H2,1-3H3. The topological polar surface area (TPSA) is 59.8 Å². The maximum Gasteiger partial charge on any atom is 0.341 e. The molecule has 0 bridgehead atoms. The number of halogens is 2. The number of fused-ring (bicyclic) bond motifs is 2. The zero-order valence-electron chi connectivity index (χ0n) is 16.9. The number of hydrogen-bond acceptors (Lipinski definition) is 4. The molecule has 3 aromatic rings. The Kier molecular flexibility index (Phi) is 5.28. The van der Waals surface area contributed by atoms with Crippen LogP contribution in [0.3, 0.4) is 0 Å². The fourth-order valence-electron chi connectivity index (χ4n) is 3.61. The summed E-state index contributed by atoms with van der Waals surface area (Å²) in [6.45, 7) is 6.20. The summed E-state index contributed by atoms with van der Waals surface area (Å²) in [6.07, 6.45) is 2.12. The fraction of sp³-hybridized carbons (Fsp3) is 0.304. The van der Waals surface area contributed by atoms with Gasteiger partial charge in [0, 0.05) is 24.0 Å². The van der Waals surface area contributed by atoms with Crippen molar-refractivity contribution >= 4 is 46.0 Å². The number of carbonyl (C=O) groups is 2. The van der Waals surface area contributed by atoms with Gasteiger partial charge in [0.15, 0.2) is 0 Å². The lowest BCUT2D eigenvalue weighted by Crippen LogP contribution is -2.36. The summed E-state index contributed by atoms with van der Waals surface area (Å²) in [7, 11) is 0. The van der Waals surface area contributed by atoms with Crippen molar-refractivity contribution in [2.24, 2.45) is 0 Å². The van der Waals surface area contributed by atoms with Gasteiger partial charge in [-0.1, -0.05) is 29.3 Å². The van der Waals surface area contributed by atoms with Gasteiger partial charge < -0.3 is 14.1 Å². The van der Waals surface area contributed by atoms with E-state index in [1.165, 1.54) is 0 Å². The fourth-order valence-corrected chi connectivity index (χ4v) is 4.36. The summed E-state index contributed by atoms with van der Waals surface area (Å²) in [5.41, 5.74) is 2.41. The predicted molar refractivity (Wildman–Crippen MR) is 116 cm³/mol. The number of benzene rings is 2. The Morgan fingerprint density at radius 1 is 1.13 bits per heavy atom. The molecule has 0 saturated heterocycles. The molecule has 0 fully saturated rings.